The Hall–Kier alpha value is -2.82. The number of hydrogen-bond acceptors (Lipinski definition) is 3. The van der Waals surface area contributed by atoms with Crippen LogP contribution < -0.4 is 0 Å². The zero-order valence-electron chi connectivity index (χ0n) is 15.9. The van der Waals surface area contributed by atoms with E-state index in [0.717, 1.165) is 29.9 Å². The lowest BCUT2D eigenvalue weighted by Gasteiger charge is -2.21. The molecule has 2 aromatic heterocycles. The number of benzene rings is 1. The highest BCUT2D eigenvalue weighted by Gasteiger charge is 2.24. The molecule has 27 heavy (non-hydrogen) atoms. The quantitative estimate of drug-likeness (QED) is 0.673. The van der Waals surface area contributed by atoms with Gasteiger partial charge < -0.3 is 9.32 Å². The summed E-state index contributed by atoms with van der Waals surface area (Å²) in [4.78, 5) is 15.0. The first-order valence-corrected chi connectivity index (χ1v) is 9.49. The molecule has 0 atom stereocenters. The maximum atomic E-state index is 13.1. The van der Waals surface area contributed by atoms with Gasteiger partial charge in [0.2, 0.25) is 5.91 Å². The second-order valence-electron chi connectivity index (χ2n) is 7.34. The predicted octanol–water partition coefficient (Wildman–Crippen LogP) is 3.58. The van der Waals surface area contributed by atoms with Gasteiger partial charge in [0.15, 0.2) is 0 Å². The number of hydrogen-bond donors (Lipinski definition) is 0. The van der Waals surface area contributed by atoms with Crippen LogP contribution in [0, 0.1) is 6.92 Å². The summed E-state index contributed by atoms with van der Waals surface area (Å²) in [5.41, 5.74) is 5.87. The van der Waals surface area contributed by atoms with E-state index in [4.69, 9.17) is 9.52 Å². The number of nitrogens with zero attached hydrogens (tertiary/aromatic N) is 3. The molecule has 1 aliphatic carbocycles. The number of amides is 1. The van der Waals surface area contributed by atoms with Gasteiger partial charge in [0.05, 0.1) is 31.5 Å². The highest BCUT2D eigenvalue weighted by atomic mass is 16.3. The molecule has 0 spiro atoms. The largest absolute Gasteiger partial charge is 0.467 e. The van der Waals surface area contributed by atoms with Crippen molar-refractivity contribution in [3.63, 3.8) is 0 Å². The van der Waals surface area contributed by atoms with Gasteiger partial charge in [-0.1, -0.05) is 29.8 Å². The number of rotatable bonds is 6. The van der Waals surface area contributed by atoms with Gasteiger partial charge in [0.25, 0.3) is 0 Å². The minimum atomic E-state index is 0.0920. The van der Waals surface area contributed by atoms with Crippen LogP contribution in [0.4, 0.5) is 0 Å². The smallest absolute Gasteiger partial charge is 0.227 e. The van der Waals surface area contributed by atoms with E-state index in [1.807, 2.05) is 53.9 Å². The number of carbonyl (C=O) groups is 1. The number of furan rings is 1. The zero-order chi connectivity index (χ0) is 18.8. The van der Waals surface area contributed by atoms with Crippen molar-refractivity contribution in [2.45, 2.75) is 45.7 Å². The average Bonchev–Trinajstić information content (AvgIpc) is 3.36. The third-order valence-electron chi connectivity index (χ3n) is 5.26. The predicted molar refractivity (Wildman–Crippen MR) is 103 cm³/mol. The van der Waals surface area contributed by atoms with Crippen molar-refractivity contribution in [2.24, 2.45) is 7.05 Å². The van der Waals surface area contributed by atoms with E-state index in [1.165, 1.54) is 23.2 Å². The molecule has 0 unspecified atom stereocenters. The fraction of sp³-hybridized carbons (Fsp3) is 0.364. The van der Waals surface area contributed by atoms with Crippen molar-refractivity contribution in [1.82, 2.24) is 14.7 Å². The van der Waals surface area contributed by atoms with Gasteiger partial charge in [-0.25, -0.2) is 0 Å². The fourth-order valence-corrected chi connectivity index (χ4v) is 3.94. The first-order valence-electron chi connectivity index (χ1n) is 9.49. The zero-order valence-corrected chi connectivity index (χ0v) is 15.9. The summed E-state index contributed by atoms with van der Waals surface area (Å²) in [5.74, 6) is 0.884. The molecule has 0 fully saturated rings. The van der Waals surface area contributed by atoms with Crippen molar-refractivity contribution >= 4 is 5.91 Å². The standard InChI is InChI=1S/C22H25N3O2/c1-16-6-3-7-17(12-16)13-22(26)25(14-18-8-5-11-27-18)15-20-19-9-4-10-21(19)24(2)23-20/h3,5-8,11-12H,4,9-10,13-15H2,1-2H3. The Morgan fingerprint density at radius 2 is 2.11 bits per heavy atom. The van der Waals surface area contributed by atoms with E-state index in [1.54, 1.807) is 6.26 Å². The lowest BCUT2D eigenvalue weighted by atomic mass is 10.1. The first kappa shape index (κ1) is 17.6. The molecule has 0 radical (unpaired) electrons. The van der Waals surface area contributed by atoms with Crippen molar-refractivity contribution in [3.05, 3.63) is 76.5 Å². The van der Waals surface area contributed by atoms with Crippen LogP contribution in [0.1, 0.15) is 40.3 Å². The van der Waals surface area contributed by atoms with Crippen LogP contribution in [0.15, 0.2) is 47.1 Å². The highest BCUT2D eigenvalue weighted by Crippen LogP contribution is 2.26. The maximum Gasteiger partial charge on any atom is 0.227 e. The molecule has 2 heterocycles. The molecular weight excluding hydrogens is 338 g/mol. The normalized spacial score (nSPS) is 13.0. The molecule has 0 bridgehead atoms. The van der Waals surface area contributed by atoms with Gasteiger partial charge in [-0.2, -0.15) is 5.10 Å². The molecule has 0 saturated carbocycles. The van der Waals surface area contributed by atoms with Gasteiger partial charge in [0.1, 0.15) is 5.76 Å². The van der Waals surface area contributed by atoms with E-state index in [9.17, 15) is 4.79 Å². The Bertz CT molecular complexity index is 941. The molecule has 1 aromatic carbocycles. The number of aryl methyl sites for hydroxylation is 2. The van der Waals surface area contributed by atoms with Crippen LogP contribution >= 0.6 is 0 Å². The topological polar surface area (TPSA) is 51.3 Å². The van der Waals surface area contributed by atoms with Crippen molar-refractivity contribution < 1.29 is 9.21 Å². The highest BCUT2D eigenvalue weighted by molar-refractivity contribution is 5.78. The molecule has 1 aliphatic rings. The van der Waals surface area contributed by atoms with E-state index in [2.05, 4.69) is 6.07 Å². The van der Waals surface area contributed by atoms with Gasteiger partial charge in [0, 0.05) is 12.7 Å². The third-order valence-corrected chi connectivity index (χ3v) is 5.26. The van der Waals surface area contributed by atoms with Crippen LogP contribution in [0.3, 0.4) is 0 Å². The summed E-state index contributed by atoms with van der Waals surface area (Å²) in [6, 6.07) is 11.9. The summed E-state index contributed by atoms with van der Waals surface area (Å²) in [6.45, 7) is 3.03. The van der Waals surface area contributed by atoms with E-state index in [0.29, 0.717) is 19.5 Å². The molecule has 140 valence electrons. The Labute approximate surface area is 159 Å². The minimum Gasteiger partial charge on any atom is -0.467 e. The second kappa shape index (κ2) is 7.43. The van der Waals surface area contributed by atoms with E-state index in [-0.39, 0.29) is 5.91 Å². The maximum absolute atomic E-state index is 13.1. The van der Waals surface area contributed by atoms with Crippen molar-refractivity contribution in [2.75, 3.05) is 0 Å². The lowest BCUT2D eigenvalue weighted by molar-refractivity contribution is -0.132. The van der Waals surface area contributed by atoms with Gasteiger partial charge in [-0.3, -0.25) is 9.48 Å². The van der Waals surface area contributed by atoms with Gasteiger partial charge in [-0.05, 0) is 49.4 Å². The second-order valence-corrected chi connectivity index (χ2v) is 7.34. The minimum absolute atomic E-state index is 0.0920. The SMILES string of the molecule is Cc1cccc(CC(=O)N(Cc2ccco2)Cc2nn(C)c3c2CCC3)c1. The Kier molecular flexibility index (Phi) is 4.84. The molecular formula is C22H25N3O2. The first-order chi connectivity index (χ1) is 13.1. The summed E-state index contributed by atoms with van der Waals surface area (Å²) in [7, 11) is 2.00. The molecule has 5 nitrogen and oxygen atoms in total. The van der Waals surface area contributed by atoms with E-state index >= 15 is 0 Å². The Balaban J connectivity index is 1.57. The molecule has 1 amide bonds. The summed E-state index contributed by atoms with van der Waals surface area (Å²) in [5, 5.41) is 4.70. The molecule has 0 N–H and O–H groups in total. The fourth-order valence-electron chi connectivity index (χ4n) is 3.94. The molecule has 5 heteroatoms. The van der Waals surface area contributed by atoms with Gasteiger partial charge in [-0.15, -0.1) is 0 Å². The number of fused-ring (bicyclic) bond motifs is 1. The van der Waals surface area contributed by atoms with Crippen LogP contribution in [0.25, 0.3) is 0 Å². The Morgan fingerprint density at radius 1 is 1.22 bits per heavy atom. The summed E-state index contributed by atoms with van der Waals surface area (Å²) < 4.78 is 7.48. The van der Waals surface area contributed by atoms with Crippen molar-refractivity contribution in [3.8, 4) is 0 Å². The molecule has 0 aliphatic heterocycles. The van der Waals surface area contributed by atoms with Crippen LogP contribution in [-0.4, -0.2) is 20.6 Å². The Morgan fingerprint density at radius 3 is 2.89 bits per heavy atom. The van der Waals surface area contributed by atoms with Gasteiger partial charge >= 0.3 is 0 Å². The third kappa shape index (κ3) is 3.82. The lowest BCUT2D eigenvalue weighted by Crippen LogP contribution is -2.31. The average molecular weight is 363 g/mol. The summed E-state index contributed by atoms with van der Waals surface area (Å²) >= 11 is 0. The number of aromatic nitrogens is 2. The van der Waals surface area contributed by atoms with Crippen LogP contribution in [0.5, 0.6) is 0 Å². The van der Waals surface area contributed by atoms with Crippen LogP contribution in [0.2, 0.25) is 0 Å². The molecule has 4 rings (SSSR count). The molecule has 0 saturated heterocycles. The van der Waals surface area contributed by atoms with Crippen LogP contribution in [-0.2, 0) is 44.2 Å². The van der Waals surface area contributed by atoms with Crippen molar-refractivity contribution in [1.29, 1.82) is 0 Å². The summed E-state index contributed by atoms with van der Waals surface area (Å²) in [6.07, 6.45) is 5.34. The molecule has 3 aromatic rings. The van der Waals surface area contributed by atoms with E-state index < -0.39 is 0 Å². The monoisotopic (exact) mass is 363 g/mol. The number of carbonyl (C=O) groups excluding carboxylic acids is 1.